The summed E-state index contributed by atoms with van der Waals surface area (Å²) in [5.74, 6) is 0.812. The molecule has 0 radical (unpaired) electrons. The lowest BCUT2D eigenvalue weighted by molar-refractivity contribution is -0.460. The van der Waals surface area contributed by atoms with Gasteiger partial charge in [-0.1, -0.05) is 13.3 Å². The van der Waals surface area contributed by atoms with Gasteiger partial charge in [0.15, 0.2) is 0 Å². The van der Waals surface area contributed by atoms with Gasteiger partial charge in [0.05, 0.1) is 6.54 Å². The first-order valence-corrected chi connectivity index (χ1v) is 5.13. The first-order chi connectivity index (χ1) is 7.20. The molecular weight excluding hydrogens is 190 g/mol. The molecule has 0 amide bonds. The summed E-state index contributed by atoms with van der Waals surface area (Å²) in [6, 6.07) is 0. The van der Waals surface area contributed by atoms with Crippen LogP contribution in [0.15, 0.2) is 18.2 Å². The molecule has 5 nitrogen and oxygen atoms in total. The number of unbranched alkanes of at least 4 members (excludes halogenated alkanes) is 1. The molecule has 0 spiro atoms. The fourth-order valence-corrected chi connectivity index (χ4v) is 0.792. The zero-order valence-electron chi connectivity index (χ0n) is 9.84. The molecule has 88 valence electrons. The van der Waals surface area contributed by atoms with Gasteiger partial charge in [-0.15, -0.1) is 13.2 Å². The Morgan fingerprint density at radius 3 is 2.40 bits per heavy atom. The fourth-order valence-electron chi connectivity index (χ4n) is 0.792. The molecule has 0 unspecified atom stereocenters. The van der Waals surface area contributed by atoms with E-state index < -0.39 is 0 Å². The number of aliphatic imine (C=N–C) groups is 1. The number of guanidine groups is 2. The van der Waals surface area contributed by atoms with E-state index in [0.717, 1.165) is 19.4 Å². The number of nitrogens with zero attached hydrogens (tertiary/aromatic N) is 1. The van der Waals surface area contributed by atoms with E-state index in [0.29, 0.717) is 18.5 Å². The molecule has 0 aliphatic heterocycles. The van der Waals surface area contributed by atoms with Crippen molar-refractivity contribution in [3.63, 3.8) is 0 Å². The molecule has 0 fully saturated rings. The second kappa shape index (κ2) is 12.5. The average molecular weight is 214 g/mol. The third-order valence-corrected chi connectivity index (χ3v) is 1.44. The first-order valence-electron chi connectivity index (χ1n) is 5.13. The highest BCUT2D eigenvalue weighted by Crippen LogP contribution is 1.76. The first kappa shape index (κ1) is 15.9. The second-order valence-corrected chi connectivity index (χ2v) is 2.68. The summed E-state index contributed by atoms with van der Waals surface area (Å²) in [6.45, 7) is 11.5. The molecule has 0 heterocycles. The van der Waals surface area contributed by atoms with Crippen LogP contribution in [0.5, 0.6) is 0 Å². The minimum atomic E-state index is 0.351. The molecule has 0 bridgehead atoms. The second-order valence-electron chi connectivity index (χ2n) is 2.68. The lowest BCUT2D eigenvalue weighted by atomic mass is 10.3. The highest BCUT2D eigenvalue weighted by Gasteiger charge is 1.99. The highest BCUT2D eigenvalue weighted by molar-refractivity contribution is 5.94. The molecule has 0 saturated heterocycles. The van der Waals surface area contributed by atoms with Crippen molar-refractivity contribution >= 4 is 11.9 Å². The zero-order valence-corrected chi connectivity index (χ0v) is 9.84. The molecule has 0 aliphatic carbocycles. The van der Waals surface area contributed by atoms with E-state index in [2.05, 4.69) is 35.4 Å². The largest absolute Gasteiger partial charge is 0.357 e. The molecule has 6 N–H and O–H groups in total. The van der Waals surface area contributed by atoms with Gasteiger partial charge in [-0.2, -0.15) is 0 Å². The summed E-state index contributed by atoms with van der Waals surface area (Å²) >= 11 is 0. The van der Waals surface area contributed by atoms with Crippen LogP contribution in [0.3, 0.4) is 0 Å². The lowest BCUT2D eigenvalue weighted by Gasteiger charge is -1.97. The quantitative estimate of drug-likeness (QED) is 0.207. The minimum absolute atomic E-state index is 0.351. The van der Waals surface area contributed by atoms with Crippen molar-refractivity contribution in [1.82, 2.24) is 5.32 Å². The Morgan fingerprint density at radius 1 is 1.33 bits per heavy atom. The van der Waals surface area contributed by atoms with Crippen LogP contribution < -0.4 is 21.8 Å². The van der Waals surface area contributed by atoms with E-state index in [1.165, 1.54) is 0 Å². The van der Waals surface area contributed by atoms with Crippen molar-refractivity contribution in [2.24, 2.45) is 16.5 Å². The normalized spacial score (nSPS) is 11.6. The summed E-state index contributed by atoms with van der Waals surface area (Å²) in [5.41, 5.74) is 11.1. The maximum Gasteiger partial charge on any atom is 0.348 e. The highest BCUT2D eigenvalue weighted by atomic mass is 15.2. The van der Waals surface area contributed by atoms with E-state index in [-0.39, 0.29) is 0 Å². The zero-order chi connectivity index (χ0) is 12.1. The lowest BCUT2D eigenvalue weighted by Crippen LogP contribution is -2.79. The van der Waals surface area contributed by atoms with Crippen molar-refractivity contribution in [3.8, 4) is 0 Å². The van der Waals surface area contributed by atoms with Crippen LogP contribution in [0, 0.1) is 0 Å². The van der Waals surface area contributed by atoms with Gasteiger partial charge in [0, 0.05) is 6.54 Å². The smallest absolute Gasteiger partial charge is 0.348 e. The maximum atomic E-state index is 5.58. The predicted molar refractivity (Wildman–Crippen MR) is 66.5 cm³/mol. The molecule has 0 aromatic carbocycles. The minimum Gasteiger partial charge on any atom is -0.357 e. The topological polar surface area (TPSA) is 90.4 Å². The van der Waals surface area contributed by atoms with E-state index in [4.69, 9.17) is 11.5 Å². The Labute approximate surface area is 92.4 Å². The number of hydrogen-bond acceptors (Lipinski definition) is 1. The van der Waals surface area contributed by atoms with E-state index in [1.807, 2.05) is 6.92 Å². The molecule has 0 atom stereocenters. The standard InChI is InChI=1S/C8H19N5.C2H4/c1-3-5-6-12-8(10)13-7(9)11-4-2;1-2/h3-6H2,1-2H3,(H5,9,10,11,12,13);1-2H2/p+1. The van der Waals surface area contributed by atoms with Crippen LogP contribution in [-0.2, 0) is 0 Å². The summed E-state index contributed by atoms with van der Waals surface area (Å²) in [5, 5.41) is 2.75. The number of nitrogens with one attached hydrogen (secondary N) is 2. The van der Waals surface area contributed by atoms with Gasteiger partial charge in [-0.25, -0.2) is 10.3 Å². The van der Waals surface area contributed by atoms with Gasteiger partial charge in [-0.05, 0) is 13.3 Å². The molecule has 0 saturated carbocycles. The Morgan fingerprint density at radius 2 is 1.93 bits per heavy atom. The van der Waals surface area contributed by atoms with Gasteiger partial charge in [0.2, 0.25) is 0 Å². The van der Waals surface area contributed by atoms with E-state index >= 15 is 0 Å². The maximum absolute atomic E-state index is 5.58. The number of nitrogens with two attached hydrogens (primary N) is 2. The number of rotatable bonds is 4. The van der Waals surface area contributed by atoms with Crippen molar-refractivity contribution < 1.29 is 4.99 Å². The van der Waals surface area contributed by atoms with Crippen molar-refractivity contribution in [1.29, 1.82) is 0 Å². The van der Waals surface area contributed by atoms with Gasteiger partial charge in [-0.3, -0.25) is 10.7 Å². The van der Waals surface area contributed by atoms with Crippen LogP contribution in [0.4, 0.5) is 0 Å². The molecule has 5 heteroatoms. The third kappa shape index (κ3) is 12.5. The van der Waals surface area contributed by atoms with Gasteiger partial charge >= 0.3 is 5.96 Å². The SMILES string of the molecule is C=C.CCCC[NH+]=C(N)NC(N)=NCC. The van der Waals surface area contributed by atoms with Crippen LogP contribution in [-0.4, -0.2) is 25.0 Å². The Bertz CT molecular complexity index is 198. The van der Waals surface area contributed by atoms with Crippen molar-refractivity contribution in [2.45, 2.75) is 26.7 Å². The van der Waals surface area contributed by atoms with Gasteiger partial charge in [0.1, 0.15) is 0 Å². The molecule has 0 aromatic heterocycles. The van der Waals surface area contributed by atoms with Crippen LogP contribution in [0.1, 0.15) is 26.7 Å². The van der Waals surface area contributed by atoms with Gasteiger partial charge in [0.25, 0.3) is 5.96 Å². The van der Waals surface area contributed by atoms with Crippen LogP contribution in [0.2, 0.25) is 0 Å². The molecule has 0 aliphatic rings. The third-order valence-electron chi connectivity index (χ3n) is 1.44. The number of hydrogen-bond donors (Lipinski definition) is 4. The van der Waals surface area contributed by atoms with E-state index in [9.17, 15) is 0 Å². The van der Waals surface area contributed by atoms with E-state index in [1.54, 1.807) is 0 Å². The summed E-state index contributed by atoms with van der Waals surface area (Å²) in [4.78, 5) is 6.93. The van der Waals surface area contributed by atoms with Gasteiger partial charge < -0.3 is 5.73 Å². The predicted octanol–water partition coefficient (Wildman–Crippen LogP) is -1.09. The van der Waals surface area contributed by atoms with Crippen LogP contribution >= 0.6 is 0 Å². The van der Waals surface area contributed by atoms with Crippen LogP contribution in [0.25, 0.3) is 0 Å². The summed E-state index contributed by atoms with van der Waals surface area (Å²) < 4.78 is 0. The molecule has 0 aromatic rings. The monoisotopic (exact) mass is 214 g/mol. The Kier molecular flexibility index (Phi) is 13.3. The summed E-state index contributed by atoms with van der Waals surface area (Å²) in [7, 11) is 0. The molecule has 15 heavy (non-hydrogen) atoms. The molecule has 0 rings (SSSR count). The van der Waals surface area contributed by atoms with Crippen molar-refractivity contribution in [3.05, 3.63) is 13.2 Å². The Balaban J connectivity index is 0. The average Bonchev–Trinajstić information content (AvgIpc) is 2.21. The summed E-state index contributed by atoms with van der Waals surface area (Å²) in [6.07, 6.45) is 2.23. The fraction of sp³-hybridized carbons (Fsp3) is 0.600. The molecular formula is C10H24N5+. The van der Waals surface area contributed by atoms with Crippen molar-refractivity contribution in [2.75, 3.05) is 13.1 Å². The Hall–Kier alpha value is -1.52.